The quantitative estimate of drug-likeness (QED) is 0.860. The first-order valence-electron chi connectivity index (χ1n) is 5.71. The number of nitrogens with zero attached hydrogens (tertiary/aromatic N) is 2. The molecule has 0 fully saturated rings. The lowest BCUT2D eigenvalue weighted by Crippen LogP contribution is -2.09. The monoisotopic (exact) mass is 261 g/mol. The molecule has 0 atom stereocenters. The number of carboxylic acids is 1. The number of rotatable bonds is 5. The molecule has 6 heteroatoms. The minimum atomic E-state index is -1.12. The highest BCUT2D eigenvalue weighted by molar-refractivity contribution is 5.85. The average Bonchev–Trinajstić information content (AvgIpc) is 2.41. The van der Waals surface area contributed by atoms with E-state index in [1.54, 1.807) is 18.2 Å². The fourth-order valence-electron chi connectivity index (χ4n) is 1.57. The molecule has 0 aliphatic carbocycles. The van der Waals surface area contributed by atoms with E-state index in [9.17, 15) is 9.18 Å². The van der Waals surface area contributed by atoms with Crippen LogP contribution in [0.3, 0.4) is 0 Å². The molecule has 1 aromatic heterocycles. The van der Waals surface area contributed by atoms with E-state index in [0.717, 1.165) is 0 Å². The second-order valence-corrected chi connectivity index (χ2v) is 3.88. The van der Waals surface area contributed by atoms with E-state index in [2.05, 4.69) is 15.5 Å². The van der Waals surface area contributed by atoms with Gasteiger partial charge in [-0.25, -0.2) is 9.18 Å². The van der Waals surface area contributed by atoms with E-state index < -0.39 is 5.97 Å². The van der Waals surface area contributed by atoms with Crippen molar-refractivity contribution in [3.63, 3.8) is 0 Å². The predicted molar refractivity (Wildman–Crippen MR) is 67.6 cm³/mol. The Kier molecular flexibility index (Phi) is 4.02. The Hall–Kier alpha value is -2.50. The van der Waals surface area contributed by atoms with Gasteiger partial charge in [0.1, 0.15) is 11.6 Å². The number of nitrogens with one attached hydrogen (secondary N) is 1. The van der Waals surface area contributed by atoms with Gasteiger partial charge in [0.2, 0.25) is 0 Å². The van der Waals surface area contributed by atoms with E-state index in [1.807, 2.05) is 0 Å². The average molecular weight is 261 g/mol. The Morgan fingerprint density at radius 2 is 2.00 bits per heavy atom. The maximum atomic E-state index is 13.3. The molecular weight excluding hydrogens is 249 g/mol. The molecule has 0 amide bonds. The number of halogens is 1. The Bertz CT molecular complexity index is 572. The standard InChI is InChI=1S/C13H12FN3O2/c14-10-4-2-1-3-9(10)7-8-15-12-6-5-11(13(18)19)16-17-12/h1-6H,7-8H2,(H,15,17)(H,18,19). The van der Waals surface area contributed by atoms with Crippen LogP contribution in [-0.4, -0.2) is 27.8 Å². The SMILES string of the molecule is O=C(O)c1ccc(NCCc2ccccc2F)nn1. The molecule has 0 bridgehead atoms. The van der Waals surface area contributed by atoms with E-state index in [4.69, 9.17) is 5.11 Å². The number of hydrogen-bond donors (Lipinski definition) is 2. The van der Waals surface area contributed by atoms with Gasteiger partial charge < -0.3 is 10.4 Å². The molecule has 98 valence electrons. The van der Waals surface area contributed by atoms with Gasteiger partial charge in [-0.1, -0.05) is 18.2 Å². The minimum absolute atomic E-state index is 0.111. The molecule has 0 unspecified atom stereocenters. The van der Waals surface area contributed by atoms with Crippen molar-refractivity contribution in [1.29, 1.82) is 0 Å². The number of hydrogen-bond acceptors (Lipinski definition) is 4. The Labute approximate surface area is 109 Å². The number of carboxylic acid groups (broad SMARTS) is 1. The van der Waals surface area contributed by atoms with Crippen LogP contribution in [0.1, 0.15) is 16.1 Å². The molecule has 0 aliphatic heterocycles. The normalized spacial score (nSPS) is 10.2. The Morgan fingerprint density at radius 3 is 2.63 bits per heavy atom. The number of benzene rings is 1. The zero-order chi connectivity index (χ0) is 13.7. The third-order valence-electron chi connectivity index (χ3n) is 2.54. The molecule has 0 saturated carbocycles. The van der Waals surface area contributed by atoms with Crippen molar-refractivity contribution in [1.82, 2.24) is 10.2 Å². The molecule has 2 N–H and O–H groups in total. The summed E-state index contributed by atoms with van der Waals surface area (Å²) in [7, 11) is 0. The van der Waals surface area contributed by atoms with E-state index in [1.165, 1.54) is 18.2 Å². The van der Waals surface area contributed by atoms with Crippen LogP contribution in [-0.2, 0) is 6.42 Å². The maximum absolute atomic E-state index is 13.3. The lowest BCUT2D eigenvalue weighted by atomic mass is 10.1. The van der Waals surface area contributed by atoms with Gasteiger partial charge in [0, 0.05) is 6.54 Å². The molecule has 5 nitrogen and oxygen atoms in total. The second-order valence-electron chi connectivity index (χ2n) is 3.88. The molecule has 0 radical (unpaired) electrons. The van der Waals surface area contributed by atoms with Crippen LogP contribution >= 0.6 is 0 Å². The van der Waals surface area contributed by atoms with E-state index in [-0.39, 0.29) is 11.5 Å². The summed E-state index contributed by atoms with van der Waals surface area (Å²) < 4.78 is 13.3. The molecule has 0 spiro atoms. The van der Waals surface area contributed by atoms with Crippen molar-refractivity contribution in [2.45, 2.75) is 6.42 Å². The minimum Gasteiger partial charge on any atom is -0.476 e. The molecular formula is C13H12FN3O2. The number of carbonyl (C=O) groups is 1. The van der Waals surface area contributed by atoms with Crippen LogP contribution in [0.25, 0.3) is 0 Å². The van der Waals surface area contributed by atoms with Gasteiger partial charge in [-0.15, -0.1) is 10.2 Å². The zero-order valence-corrected chi connectivity index (χ0v) is 10.0. The van der Waals surface area contributed by atoms with Gasteiger partial charge in [-0.2, -0.15) is 0 Å². The lowest BCUT2D eigenvalue weighted by Gasteiger charge is -2.05. The first kappa shape index (κ1) is 12.9. The van der Waals surface area contributed by atoms with Crippen LogP contribution < -0.4 is 5.32 Å². The van der Waals surface area contributed by atoms with E-state index in [0.29, 0.717) is 24.3 Å². The third-order valence-corrected chi connectivity index (χ3v) is 2.54. The van der Waals surface area contributed by atoms with Crippen LogP contribution in [0.5, 0.6) is 0 Å². The largest absolute Gasteiger partial charge is 0.476 e. The molecule has 1 aromatic carbocycles. The summed E-state index contributed by atoms with van der Waals surface area (Å²) in [6.45, 7) is 0.488. The second kappa shape index (κ2) is 5.90. The maximum Gasteiger partial charge on any atom is 0.356 e. The lowest BCUT2D eigenvalue weighted by molar-refractivity contribution is 0.0689. The van der Waals surface area contributed by atoms with Crippen molar-refractivity contribution < 1.29 is 14.3 Å². The summed E-state index contributed by atoms with van der Waals surface area (Å²) in [6, 6.07) is 9.44. The van der Waals surface area contributed by atoms with Crippen LogP contribution in [0.2, 0.25) is 0 Å². The first-order valence-corrected chi connectivity index (χ1v) is 5.71. The van der Waals surface area contributed by atoms with Gasteiger partial charge >= 0.3 is 5.97 Å². The summed E-state index contributed by atoms with van der Waals surface area (Å²) in [6.07, 6.45) is 0.509. The Balaban J connectivity index is 1.89. The van der Waals surface area contributed by atoms with Gasteiger partial charge in [-0.05, 0) is 30.2 Å². The fraction of sp³-hybridized carbons (Fsp3) is 0.154. The topological polar surface area (TPSA) is 75.1 Å². The summed E-state index contributed by atoms with van der Waals surface area (Å²) >= 11 is 0. The summed E-state index contributed by atoms with van der Waals surface area (Å²) in [4.78, 5) is 10.6. The summed E-state index contributed by atoms with van der Waals surface area (Å²) in [5.41, 5.74) is 0.504. The van der Waals surface area contributed by atoms with Crippen molar-refractivity contribution in [2.75, 3.05) is 11.9 Å². The highest BCUT2D eigenvalue weighted by Crippen LogP contribution is 2.08. The molecule has 19 heavy (non-hydrogen) atoms. The fourth-order valence-corrected chi connectivity index (χ4v) is 1.57. The van der Waals surface area contributed by atoms with E-state index >= 15 is 0 Å². The predicted octanol–water partition coefficient (Wildman–Crippen LogP) is 1.97. The van der Waals surface area contributed by atoms with Gasteiger partial charge in [0.05, 0.1) is 0 Å². The number of aromatic nitrogens is 2. The zero-order valence-electron chi connectivity index (χ0n) is 10.0. The van der Waals surface area contributed by atoms with Crippen LogP contribution in [0, 0.1) is 5.82 Å². The number of anilines is 1. The van der Waals surface area contributed by atoms with Crippen molar-refractivity contribution in [3.05, 3.63) is 53.5 Å². The first-order chi connectivity index (χ1) is 9.16. The van der Waals surface area contributed by atoms with Crippen molar-refractivity contribution in [3.8, 4) is 0 Å². The third kappa shape index (κ3) is 3.48. The molecule has 2 rings (SSSR count). The summed E-state index contributed by atoms with van der Waals surface area (Å²) in [5.74, 6) is -0.900. The van der Waals surface area contributed by atoms with Gasteiger partial charge in [0.25, 0.3) is 0 Å². The highest BCUT2D eigenvalue weighted by atomic mass is 19.1. The smallest absolute Gasteiger partial charge is 0.356 e. The van der Waals surface area contributed by atoms with Crippen LogP contribution in [0.4, 0.5) is 10.2 Å². The number of aromatic carboxylic acids is 1. The molecule has 2 aromatic rings. The summed E-state index contributed by atoms with van der Waals surface area (Å²) in [5, 5.41) is 18.9. The van der Waals surface area contributed by atoms with Crippen molar-refractivity contribution in [2.24, 2.45) is 0 Å². The molecule has 0 aliphatic rings. The molecule has 1 heterocycles. The van der Waals surface area contributed by atoms with Crippen molar-refractivity contribution >= 4 is 11.8 Å². The van der Waals surface area contributed by atoms with Crippen LogP contribution in [0.15, 0.2) is 36.4 Å². The Morgan fingerprint density at radius 1 is 1.21 bits per heavy atom. The molecule has 0 saturated heterocycles. The van der Waals surface area contributed by atoms with Gasteiger partial charge in [0.15, 0.2) is 5.69 Å². The van der Waals surface area contributed by atoms with Gasteiger partial charge in [-0.3, -0.25) is 0 Å². The highest BCUT2D eigenvalue weighted by Gasteiger charge is 2.05.